The number of rotatable bonds is 3. The first-order chi connectivity index (χ1) is 12.0. The number of hydrogen-bond donors (Lipinski definition) is 2. The van der Waals surface area contributed by atoms with Gasteiger partial charge < -0.3 is 19.0 Å². The number of hydrogen-bond acceptors (Lipinski definition) is 5. The maximum absolute atomic E-state index is 12.6. The molecule has 0 aliphatic heterocycles. The van der Waals surface area contributed by atoms with Crippen molar-refractivity contribution < 1.29 is 23.8 Å². The molecule has 124 valence electrons. The smallest absolute Gasteiger partial charge is 0.335 e. The van der Waals surface area contributed by atoms with Gasteiger partial charge in [0.1, 0.15) is 23.0 Å². The predicted molar refractivity (Wildman–Crippen MR) is 89.7 cm³/mol. The summed E-state index contributed by atoms with van der Waals surface area (Å²) in [5, 5.41) is 19.9. The molecule has 0 radical (unpaired) electrons. The van der Waals surface area contributed by atoms with E-state index in [0.29, 0.717) is 22.3 Å². The summed E-state index contributed by atoms with van der Waals surface area (Å²) in [5.74, 6) is -0.730. The summed E-state index contributed by atoms with van der Waals surface area (Å²) in [5.41, 5.74) is 0.810. The quantitative estimate of drug-likeness (QED) is 0.557. The highest BCUT2D eigenvalue weighted by atomic mass is 16.4. The number of carboxylic acid groups (broad SMARTS) is 1. The standard InChI is InChI=1S/C19H12O6/c20-17(15-2-1-7-24-15)10-3-5-12-16(9-10)25-14-6-4-11(19(22)23)8-13(14)18(12)21/h1-9,17,20H,(H,22,23). The highest BCUT2D eigenvalue weighted by Gasteiger charge is 2.16. The van der Waals surface area contributed by atoms with Crippen LogP contribution in [-0.2, 0) is 0 Å². The maximum atomic E-state index is 12.6. The lowest BCUT2D eigenvalue weighted by Crippen LogP contribution is -2.05. The summed E-state index contributed by atoms with van der Waals surface area (Å²) < 4.78 is 10.9. The lowest BCUT2D eigenvalue weighted by atomic mass is 10.0. The Morgan fingerprint density at radius 3 is 2.56 bits per heavy atom. The zero-order valence-electron chi connectivity index (χ0n) is 12.8. The average molecular weight is 336 g/mol. The molecule has 0 aliphatic rings. The molecule has 1 atom stereocenters. The molecule has 4 aromatic rings. The summed E-state index contributed by atoms with van der Waals surface area (Å²) >= 11 is 0. The van der Waals surface area contributed by atoms with Crippen LogP contribution in [0.2, 0.25) is 0 Å². The number of furan rings is 1. The van der Waals surface area contributed by atoms with E-state index < -0.39 is 12.1 Å². The molecule has 2 heterocycles. The van der Waals surface area contributed by atoms with Crippen molar-refractivity contribution in [3.05, 3.63) is 81.9 Å². The van der Waals surface area contributed by atoms with Gasteiger partial charge >= 0.3 is 5.97 Å². The van der Waals surface area contributed by atoms with Gasteiger partial charge in [-0.3, -0.25) is 4.79 Å². The van der Waals surface area contributed by atoms with E-state index in [4.69, 9.17) is 13.9 Å². The molecule has 0 aliphatic carbocycles. The third-order valence-corrected chi connectivity index (χ3v) is 4.07. The molecule has 0 amide bonds. The molecule has 2 aromatic carbocycles. The number of aliphatic hydroxyl groups excluding tert-OH is 1. The Kier molecular flexibility index (Phi) is 3.40. The Labute approximate surface area is 140 Å². The molecule has 2 aromatic heterocycles. The first kappa shape index (κ1) is 15.2. The third kappa shape index (κ3) is 2.49. The summed E-state index contributed by atoms with van der Waals surface area (Å²) in [6.07, 6.45) is 0.488. The molecule has 25 heavy (non-hydrogen) atoms. The normalized spacial score (nSPS) is 12.5. The van der Waals surface area contributed by atoms with Gasteiger partial charge in [0.2, 0.25) is 5.43 Å². The van der Waals surface area contributed by atoms with Crippen LogP contribution in [0.5, 0.6) is 0 Å². The summed E-state index contributed by atoms with van der Waals surface area (Å²) in [4.78, 5) is 23.7. The number of carbonyl (C=O) groups is 1. The lowest BCUT2D eigenvalue weighted by molar-refractivity contribution is 0.0697. The van der Waals surface area contributed by atoms with Crippen molar-refractivity contribution in [3.63, 3.8) is 0 Å². The fourth-order valence-electron chi connectivity index (χ4n) is 2.79. The average Bonchev–Trinajstić information content (AvgIpc) is 3.15. The fraction of sp³-hybridized carbons (Fsp3) is 0.0526. The molecule has 0 saturated heterocycles. The summed E-state index contributed by atoms with van der Waals surface area (Å²) in [6, 6.07) is 12.2. The number of benzene rings is 2. The number of fused-ring (bicyclic) bond motifs is 2. The SMILES string of the molecule is O=C(O)c1ccc2oc3cc(C(O)c4ccco4)ccc3c(=O)c2c1. The van der Waals surface area contributed by atoms with Gasteiger partial charge in [-0.1, -0.05) is 6.07 Å². The fourth-order valence-corrected chi connectivity index (χ4v) is 2.79. The minimum absolute atomic E-state index is 0.0176. The van der Waals surface area contributed by atoms with Gasteiger partial charge in [-0.2, -0.15) is 0 Å². The van der Waals surface area contributed by atoms with E-state index in [9.17, 15) is 14.7 Å². The van der Waals surface area contributed by atoms with Gasteiger partial charge in [-0.05, 0) is 48.0 Å². The lowest BCUT2D eigenvalue weighted by Gasteiger charge is -2.09. The zero-order chi connectivity index (χ0) is 17.6. The predicted octanol–water partition coefficient (Wildman–Crippen LogP) is 3.32. The van der Waals surface area contributed by atoms with Gasteiger partial charge in [-0.25, -0.2) is 4.79 Å². The molecule has 0 spiro atoms. The summed E-state index contributed by atoms with van der Waals surface area (Å²) in [7, 11) is 0. The van der Waals surface area contributed by atoms with Crippen LogP contribution < -0.4 is 5.43 Å². The van der Waals surface area contributed by atoms with E-state index in [1.54, 1.807) is 30.3 Å². The van der Waals surface area contributed by atoms with Crippen molar-refractivity contribution in [3.8, 4) is 0 Å². The molecule has 1 unspecified atom stereocenters. The van der Waals surface area contributed by atoms with Gasteiger partial charge in [0, 0.05) is 0 Å². The van der Waals surface area contributed by atoms with Gasteiger partial charge in [0.25, 0.3) is 0 Å². The molecule has 6 nitrogen and oxygen atoms in total. The second kappa shape index (κ2) is 5.61. The molecule has 2 N–H and O–H groups in total. The highest BCUT2D eigenvalue weighted by molar-refractivity contribution is 5.96. The Bertz CT molecular complexity index is 1150. The number of aromatic carboxylic acids is 1. The molecule has 4 rings (SSSR count). The first-order valence-electron chi connectivity index (χ1n) is 7.50. The van der Waals surface area contributed by atoms with E-state index in [1.165, 1.54) is 24.5 Å². The Balaban J connectivity index is 1.91. The van der Waals surface area contributed by atoms with E-state index in [-0.39, 0.29) is 22.0 Å². The van der Waals surface area contributed by atoms with Gasteiger partial charge in [0.15, 0.2) is 0 Å². The minimum atomic E-state index is -1.11. The van der Waals surface area contributed by atoms with E-state index in [0.717, 1.165) is 0 Å². The van der Waals surface area contributed by atoms with Crippen LogP contribution >= 0.6 is 0 Å². The van der Waals surface area contributed by atoms with Crippen molar-refractivity contribution in [1.82, 2.24) is 0 Å². The van der Waals surface area contributed by atoms with Crippen LogP contribution in [0.25, 0.3) is 21.9 Å². The second-order valence-corrected chi connectivity index (χ2v) is 5.62. The monoisotopic (exact) mass is 336 g/mol. The zero-order valence-corrected chi connectivity index (χ0v) is 12.8. The molecular formula is C19H12O6. The van der Waals surface area contributed by atoms with Crippen LogP contribution in [0.1, 0.15) is 27.8 Å². The van der Waals surface area contributed by atoms with E-state index in [2.05, 4.69) is 0 Å². The molecule has 0 bridgehead atoms. The number of carboxylic acids is 1. The van der Waals surface area contributed by atoms with Crippen LogP contribution in [0.4, 0.5) is 0 Å². The van der Waals surface area contributed by atoms with Crippen LogP contribution in [0.15, 0.2) is 68.4 Å². The second-order valence-electron chi connectivity index (χ2n) is 5.62. The molecule has 0 fully saturated rings. The van der Waals surface area contributed by atoms with Crippen LogP contribution in [-0.4, -0.2) is 16.2 Å². The van der Waals surface area contributed by atoms with Crippen molar-refractivity contribution >= 4 is 27.9 Å². The molecule has 6 heteroatoms. The Morgan fingerprint density at radius 2 is 1.84 bits per heavy atom. The summed E-state index contributed by atoms with van der Waals surface area (Å²) in [6.45, 7) is 0. The number of aliphatic hydroxyl groups is 1. The highest BCUT2D eigenvalue weighted by Crippen LogP contribution is 2.26. The van der Waals surface area contributed by atoms with Crippen molar-refractivity contribution in [2.45, 2.75) is 6.10 Å². The van der Waals surface area contributed by atoms with Gasteiger partial charge in [0.05, 0.1) is 22.6 Å². The van der Waals surface area contributed by atoms with Crippen molar-refractivity contribution in [2.75, 3.05) is 0 Å². The molecule has 0 saturated carbocycles. The third-order valence-electron chi connectivity index (χ3n) is 4.07. The minimum Gasteiger partial charge on any atom is -0.478 e. The maximum Gasteiger partial charge on any atom is 0.335 e. The largest absolute Gasteiger partial charge is 0.478 e. The van der Waals surface area contributed by atoms with Gasteiger partial charge in [-0.15, -0.1) is 0 Å². The molecular weight excluding hydrogens is 324 g/mol. The first-order valence-corrected chi connectivity index (χ1v) is 7.50. The topological polar surface area (TPSA) is 101 Å². The Hall–Kier alpha value is -3.38. The van der Waals surface area contributed by atoms with E-state index in [1.807, 2.05) is 0 Å². The van der Waals surface area contributed by atoms with Crippen molar-refractivity contribution in [2.24, 2.45) is 0 Å². The van der Waals surface area contributed by atoms with Crippen LogP contribution in [0.3, 0.4) is 0 Å². The Morgan fingerprint density at radius 1 is 1.00 bits per heavy atom. The van der Waals surface area contributed by atoms with Crippen molar-refractivity contribution in [1.29, 1.82) is 0 Å². The van der Waals surface area contributed by atoms with E-state index >= 15 is 0 Å². The van der Waals surface area contributed by atoms with Crippen LogP contribution in [0, 0.1) is 0 Å².